The van der Waals surface area contributed by atoms with E-state index in [1.165, 1.54) is 19.3 Å². The van der Waals surface area contributed by atoms with E-state index >= 15 is 0 Å². The van der Waals surface area contributed by atoms with Gasteiger partial charge in [-0.15, -0.1) is 0 Å². The maximum Gasteiger partial charge on any atom is 0.193 e. The minimum atomic E-state index is -0.652. The van der Waals surface area contributed by atoms with Crippen LogP contribution >= 0.6 is 0 Å². The molecular weight excluding hydrogens is 308 g/mol. The van der Waals surface area contributed by atoms with E-state index in [2.05, 4.69) is 5.32 Å². The van der Waals surface area contributed by atoms with Gasteiger partial charge < -0.3 is 11.1 Å². The Kier molecular flexibility index (Phi) is 3.97. The number of rotatable bonds is 4. The lowest BCUT2D eigenvalue weighted by Crippen LogP contribution is -2.50. The van der Waals surface area contributed by atoms with Gasteiger partial charge >= 0.3 is 0 Å². The Balaban J connectivity index is 1.54. The smallest absolute Gasteiger partial charge is 0.193 e. The van der Waals surface area contributed by atoms with Crippen LogP contribution in [0.3, 0.4) is 0 Å². The number of hydrogen-bond acceptors (Lipinski definition) is 1. The van der Waals surface area contributed by atoms with Crippen molar-refractivity contribution in [1.82, 2.24) is 0 Å². The number of nitrogens with zero attached hydrogens (tertiary/aromatic N) is 1. The number of aliphatic imine (C=N–C) groups is 1. The summed E-state index contributed by atoms with van der Waals surface area (Å²) in [7, 11) is 0. The summed E-state index contributed by atoms with van der Waals surface area (Å²) in [6.07, 6.45) is 7.49. The lowest BCUT2D eigenvalue weighted by molar-refractivity contribution is 0.00163. The van der Waals surface area contributed by atoms with Gasteiger partial charge in [0.05, 0.1) is 5.54 Å². The highest BCUT2D eigenvalue weighted by molar-refractivity contribution is 5.93. The predicted octanol–water partition coefficient (Wildman–Crippen LogP) is 4.32. The molecule has 3 N–H and O–H groups in total. The summed E-state index contributed by atoms with van der Waals surface area (Å²) >= 11 is 0. The van der Waals surface area contributed by atoms with Crippen molar-refractivity contribution in [2.75, 3.05) is 5.32 Å². The molecule has 0 spiro atoms. The molecule has 4 bridgehead atoms. The third-order valence-electron chi connectivity index (χ3n) is 6.09. The fraction of sp³-hybridized carbons (Fsp3) is 0.632. The molecule has 1 aromatic rings. The summed E-state index contributed by atoms with van der Waals surface area (Å²) in [5.41, 5.74) is 7.64. The van der Waals surface area contributed by atoms with Crippen molar-refractivity contribution in [3.63, 3.8) is 0 Å². The number of nitrogens with one attached hydrogen (secondary N) is 1. The van der Waals surface area contributed by atoms with Crippen molar-refractivity contribution in [3.8, 4) is 0 Å². The number of halogens is 2. The Morgan fingerprint density at radius 2 is 1.71 bits per heavy atom. The van der Waals surface area contributed by atoms with Gasteiger partial charge in [0, 0.05) is 11.3 Å². The van der Waals surface area contributed by atoms with Crippen molar-refractivity contribution in [1.29, 1.82) is 0 Å². The molecule has 24 heavy (non-hydrogen) atoms. The van der Waals surface area contributed by atoms with E-state index in [-0.39, 0.29) is 5.54 Å². The van der Waals surface area contributed by atoms with E-state index in [1.807, 2.05) is 0 Å². The fourth-order valence-corrected chi connectivity index (χ4v) is 5.59. The van der Waals surface area contributed by atoms with E-state index in [9.17, 15) is 8.78 Å². The second kappa shape index (κ2) is 6.01. The number of nitrogens with two attached hydrogens (primary N) is 1. The largest absolute Gasteiger partial charge is 0.370 e. The van der Waals surface area contributed by atoms with Crippen LogP contribution < -0.4 is 11.1 Å². The minimum Gasteiger partial charge on any atom is -0.370 e. The van der Waals surface area contributed by atoms with Gasteiger partial charge in [-0.2, -0.15) is 0 Å². The Morgan fingerprint density at radius 1 is 1.08 bits per heavy atom. The van der Waals surface area contributed by atoms with E-state index in [0.717, 1.165) is 37.0 Å². The third-order valence-corrected chi connectivity index (χ3v) is 6.09. The molecule has 4 aliphatic carbocycles. The fourth-order valence-electron chi connectivity index (χ4n) is 5.59. The van der Waals surface area contributed by atoms with Crippen molar-refractivity contribution in [2.24, 2.45) is 28.5 Å². The average molecular weight is 333 g/mol. The highest BCUT2D eigenvalue weighted by Crippen LogP contribution is 2.57. The molecular formula is C19H25F2N3. The molecule has 5 rings (SSSR count). The molecule has 4 saturated carbocycles. The molecule has 0 radical (unpaired) electrons. The molecule has 3 nitrogen and oxygen atoms in total. The van der Waals surface area contributed by atoms with Gasteiger partial charge in [-0.05, 0) is 74.0 Å². The lowest BCUT2D eigenvalue weighted by atomic mass is 9.53. The van der Waals surface area contributed by atoms with Crippen LogP contribution in [-0.4, -0.2) is 11.5 Å². The maximum atomic E-state index is 13.2. The zero-order valence-corrected chi connectivity index (χ0v) is 13.9. The van der Waals surface area contributed by atoms with E-state index in [0.29, 0.717) is 22.8 Å². The van der Waals surface area contributed by atoms with Crippen molar-refractivity contribution in [3.05, 3.63) is 29.3 Å². The van der Waals surface area contributed by atoms with Crippen molar-refractivity contribution in [2.45, 2.75) is 57.4 Å². The molecule has 0 heterocycles. The quantitative estimate of drug-likeness (QED) is 0.637. The number of guanidine groups is 1. The van der Waals surface area contributed by atoms with Gasteiger partial charge in [-0.3, -0.25) is 0 Å². The number of alkyl halides is 2. The number of anilines is 1. The topological polar surface area (TPSA) is 50.4 Å². The molecule has 130 valence electrons. The molecule has 1 aromatic carbocycles. The van der Waals surface area contributed by atoms with Gasteiger partial charge in [-0.25, -0.2) is 13.8 Å². The van der Waals surface area contributed by atoms with Gasteiger partial charge in [0.2, 0.25) is 0 Å². The second-order valence-corrected chi connectivity index (χ2v) is 8.02. The first kappa shape index (κ1) is 15.9. The van der Waals surface area contributed by atoms with Gasteiger partial charge in [0.25, 0.3) is 0 Å². The molecule has 0 aliphatic heterocycles. The first-order chi connectivity index (χ1) is 11.6. The standard InChI is InChI=1S/C19H25F2N3/c20-10-12-1-2-17(16(6-12)11-21)23-18(22)24-19-7-13-3-14(8-19)5-15(4-13)9-19/h1-2,6,13-15H,3-5,7-11H2,(H3,22,23,24). The van der Waals surface area contributed by atoms with E-state index < -0.39 is 13.3 Å². The average Bonchev–Trinajstić information content (AvgIpc) is 2.53. The molecule has 0 atom stereocenters. The Hall–Kier alpha value is -1.65. The zero-order chi connectivity index (χ0) is 16.7. The van der Waals surface area contributed by atoms with Crippen LogP contribution in [0.5, 0.6) is 0 Å². The monoisotopic (exact) mass is 333 g/mol. The summed E-state index contributed by atoms with van der Waals surface area (Å²) in [5, 5.41) is 3.05. The van der Waals surface area contributed by atoms with Crippen LogP contribution in [0.1, 0.15) is 49.7 Å². The summed E-state index contributed by atoms with van der Waals surface area (Å²) in [6, 6.07) is 4.88. The molecule has 0 saturated heterocycles. The SMILES string of the molecule is NC(=NC12CC3CC(CC(C3)C1)C2)Nc1ccc(CF)cc1CF. The highest BCUT2D eigenvalue weighted by atomic mass is 19.1. The summed E-state index contributed by atoms with van der Waals surface area (Å²) in [4.78, 5) is 4.87. The van der Waals surface area contributed by atoms with Crippen LogP contribution in [0.15, 0.2) is 23.2 Å². The van der Waals surface area contributed by atoms with E-state index in [4.69, 9.17) is 10.7 Å². The highest BCUT2D eigenvalue weighted by Gasteiger charge is 2.51. The zero-order valence-electron chi connectivity index (χ0n) is 13.9. The first-order valence-corrected chi connectivity index (χ1v) is 8.95. The van der Waals surface area contributed by atoms with Crippen LogP contribution in [0.2, 0.25) is 0 Å². The Morgan fingerprint density at radius 3 is 2.25 bits per heavy atom. The van der Waals surface area contributed by atoms with E-state index in [1.54, 1.807) is 18.2 Å². The molecule has 4 aliphatic rings. The maximum absolute atomic E-state index is 13.2. The van der Waals surface area contributed by atoms with Crippen molar-refractivity contribution >= 4 is 11.6 Å². The second-order valence-electron chi connectivity index (χ2n) is 8.02. The van der Waals surface area contributed by atoms with Gasteiger partial charge in [0.1, 0.15) is 13.3 Å². The normalized spacial score (nSPS) is 34.6. The molecule has 0 aromatic heterocycles. The summed E-state index contributed by atoms with van der Waals surface area (Å²) < 4.78 is 26.0. The molecule has 5 heteroatoms. The van der Waals surface area contributed by atoms with Crippen LogP contribution in [-0.2, 0) is 13.3 Å². The van der Waals surface area contributed by atoms with Crippen LogP contribution in [0.25, 0.3) is 0 Å². The number of hydrogen-bond donors (Lipinski definition) is 2. The lowest BCUT2D eigenvalue weighted by Gasteiger charge is -2.54. The summed E-state index contributed by atoms with van der Waals surface area (Å²) in [5.74, 6) is 2.77. The van der Waals surface area contributed by atoms with Crippen LogP contribution in [0, 0.1) is 17.8 Å². The first-order valence-electron chi connectivity index (χ1n) is 8.95. The molecule has 0 unspecified atom stereocenters. The molecule has 0 amide bonds. The van der Waals surface area contributed by atoms with Crippen molar-refractivity contribution < 1.29 is 8.78 Å². The minimum absolute atomic E-state index is 0.0133. The third kappa shape index (κ3) is 2.89. The number of benzene rings is 1. The van der Waals surface area contributed by atoms with Crippen LogP contribution in [0.4, 0.5) is 14.5 Å². The van der Waals surface area contributed by atoms with Gasteiger partial charge in [-0.1, -0.05) is 6.07 Å². The molecule has 4 fully saturated rings. The van der Waals surface area contributed by atoms with Gasteiger partial charge in [0.15, 0.2) is 5.96 Å². The predicted molar refractivity (Wildman–Crippen MR) is 92.2 cm³/mol. The Bertz CT molecular complexity index is 621. The Labute approximate surface area is 141 Å². The summed E-state index contributed by atoms with van der Waals surface area (Å²) in [6.45, 7) is -1.25.